The molecule has 2 aromatic rings. The molecule has 4 rings (SSSR count). The van der Waals surface area contributed by atoms with Crippen molar-refractivity contribution in [2.45, 2.75) is 149 Å². The summed E-state index contributed by atoms with van der Waals surface area (Å²) < 4.78 is 0. The van der Waals surface area contributed by atoms with Crippen molar-refractivity contribution in [2.75, 3.05) is 40.3 Å². The van der Waals surface area contributed by atoms with Crippen LogP contribution in [0.4, 0.5) is 0 Å². The lowest BCUT2D eigenvalue weighted by Crippen LogP contribution is -2.59. The van der Waals surface area contributed by atoms with Crippen LogP contribution in [0.15, 0.2) is 60.7 Å². The van der Waals surface area contributed by atoms with Gasteiger partial charge in [0.15, 0.2) is 0 Å². The van der Waals surface area contributed by atoms with Gasteiger partial charge in [0.2, 0.25) is 47.3 Å². The first-order chi connectivity index (χ1) is 32.6. The van der Waals surface area contributed by atoms with Crippen molar-refractivity contribution in [3.05, 3.63) is 71.8 Å². The Bertz CT molecular complexity index is 1940. The molecule has 2 aliphatic rings. The number of hydrogen-bond donors (Lipinski definition) is 8. The second kappa shape index (κ2) is 28.7. The highest BCUT2D eigenvalue weighted by atomic mass is 35.5. The highest BCUT2D eigenvalue weighted by Crippen LogP contribution is 2.28. The smallest absolute Gasteiger partial charge is 0.246 e. The van der Waals surface area contributed by atoms with Gasteiger partial charge >= 0.3 is 0 Å². The van der Waals surface area contributed by atoms with E-state index < -0.39 is 59.2 Å². The number of hydrogen-bond acceptors (Lipinski definition) is 10. The topological polar surface area (TPSA) is 239 Å². The van der Waals surface area contributed by atoms with Crippen molar-refractivity contribution in [3.8, 4) is 0 Å². The Morgan fingerprint density at radius 2 is 0.887 bits per heavy atom. The summed E-state index contributed by atoms with van der Waals surface area (Å²) in [4.78, 5) is 111. The van der Waals surface area contributed by atoms with Crippen LogP contribution in [0, 0.1) is 10.8 Å². The van der Waals surface area contributed by atoms with Crippen LogP contribution >= 0.6 is 24.8 Å². The molecule has 20 heteroatoms. The molecule has 8 atom stereocenters. The molecule has 0 aliphatic carbocycles. The van der Waals surface area contributed by atoms with Crippen LogP contribution in [0.5, 0.6) is 0 Å². The SMILES string of the molecule is CN[C@@H](C)C(=O)N[C@H](C(=O)N1CCC[C@H]1C(=O)N[C@H](CNC(=O)CCCC(=O)NC[C@@H](NC(=O)[C@@H]1CCCN1C(=O)[C@@H](NC(=O)[C@H](C)NC)C(C)(C)C)c1ccccc1)c1ccccc1)C(C)(C)C.Cl.Cl. The summed E-state index contributed by atoms with van der Waals surface area (Å²) in [5, 5.41) is 23.5. The highest BCUT2D eigenvalue weighted by Gasteiger charge is 2.44. The van der Waals surface area contributed by atoms with E-state index in [4.69, 9.17) is 0 Å². The molecule has 71 heavy (non-hydrogen) atoms. The lowest BCUT2D eigenvalue weighted by Gasteiger charge is -2.36. The summed E-state index contributed by atoms with van der Waals surface area (Å²) in [6.07, 6.45) is 2.43. The zero-order chi connectivity index (χ0) is 51.1. The van der Waals surface area contributed by atoms with E-state index in [-0.39, 0.29) is 104 Å². The van der Waals surface area contributed by atoms with Gasteiger partial charge in [-0.3, -0.25) is 38.4 Å². The largest absolute Gasteiger partial charge is 0.354 e. The molecular formula is C51H80Cl2N10O8. The zero-order valence-corrected chi connectivity index (χ0v) is 44.8. The average Bonchev–Trinajstić information content (AvgIpc) is 4.03. The summed E-state index contributed by atoms with van der Waals surface area (Å²) in [7, 11) is 3.33. The number of nitrogens with zero attached hydrogens (tertiary/aromatic N) is 2. The second-order valence-electron chi connectivity index (χ2n) is 20.4. The van der Waals surface area contributed by atoms with Crippen LogP contribution in [0.2, 0.25) is 0 Å². The fraction of sp³-hybridized carbons (Fsp3) is 0.608. The Morgan fingerprint density at radius 1 is 0.549 bits per heavy atom. The third-order valence-electron chi connectivity index (χ3n) is 13.0. The van der Waals surface area contributed by atoms with Gasteiger partial charge in [-0.05, 0) is 82.0 Å². The van der Waals surface area contributed by atoms with Crippen molar-refractivity contribution in [1.29, 1.82) is 0 Å². The molecular weight excluding hydrogens is 952 g/mol. The van der Waals surface area contributed by atoms with E-state index in [1.807, 2.05) is 102 Å². The number of carbonyl (C=O) groups excluding carboxylic acids is 8. The molecule has 2 heterocycles. The molecule has 0 unspecified atom stereocenters. The molecule has 396 valence electrons. The van der Waals surface area contributed by atoms with Crippen LogP contribution in [0.3, 0.4) is 0 Å². The van der Waals surface area contributed by atoms with E-state index in [0.29, 0.717) is 38.8 Å². The number of likely N-dealkylation sites (N-methyl/N-ethyl adjacent to an activating group) is 2. The molecule has 8 amide bonds. The van der Waals surface area contributed by atoms with Gasteiger partial charge in [0.25, 0.3) is 0 Å². The van der Waals surface area contributed by atoms with Crippen molar-refractivity contribution in [2.24, 2.45) is 10.8 Å². The summed E-state index contributed by atoms with van der Waals surface area (Å²) in [6, 6.07) is 12.9. The molecule has 18 nitrogen and oxygen atoms in total. The van der Waals surface area contributed by atoms with Gasteiger partial charge in [-0.15, -0.1) is 24.8 Å². The van der Waals surface area contributed by atoms with E-state index in [2.05, 4.69) is 42.5 Å². The number of halogens is 2. The standard InChI is InChI=1S/C51H78N10O8.2ClH/c1-32(52-9)44(64)58-42(50(3,4)5)48(68)60-28-18-24-38(60)46(66)56-36(34-20-13-11-14-21-34)30-54-40(62)26-17-27-41(63)55-31-37(35-22-15-12-16-23-35)57-47(67)39-25-19-29-61(39)49(69)43(51(6,7)8)59-45(65)33(2)53-10;;/h11-16,20-23,32-33,36-39,42-43,52-53H,17-19,24-31H2,1-10H3,(H,54,62)(H,55,63)(H,56,66)(H,57,67)(H,58,64)(H,59,65);2*1H/t32-,33-,36+,37+,38-,39-,42+,43+;;/m0../s1. The fourth-order valence-electron chi connectivity index (χ4n) is 8.46. The maximum absolute atomic E-state index is 14.0. The molecule has 2 aromatic carbocycles. The number of nitrogens with one attached hydrogen (secondary N) is 8. The van der Waals surface area contributed by atoms with E-state index in [1.165, 1.54) is 0 Å². The Hall–Kier alpha value is -5.30. The van der Waals surface area contributed by atoms with Crippen LogP contribution in [-0.2, 0) is 38.4 Å². The maximum Gasteiger partial charge on any atom is 0.246 e. The Kier molecular flexibility index (Phi) is 25.0. The van der Waals surface area contributed by atoms with Gasteiger partial charge in [-0.2, -0.15) is 0 Å². The van der Waals surface area contributed by atoms with E-state index in [1.54, 1.807) is 37.7 Å². The third kappa shape index (κ3) is 18.1. The number of benzene rings is 2. The third-order valence-corrected chi connectivity index (χ3v) is 13.0. The Labute approximate surface area is 432 Å². The number of likely N-dealkylation sites (tertiary alicyclic amines) is 2. The minimum atomic E-state index is -0.860. The first-order valence-electron chi connectivity index (χ1n) is 24.4. The monoisotopic (exact) mass is 1030 g/mol. The zero-order valence-electron chi connectivity index (χ0n) is 43.1. The van der Waals surface area contributed by atoms with Crippen LogP contribution in [-0.4, -0.2) is 134 Å². The maximum atomic E-state index is 14.0. The number of rotatable bonds is 22. The highest BCUT2D eigenvalue weighted by molar-refractivity contribution is 5.95. The lowest BCUT2D eigenvalue weighted by molar-refractivity contribution is -0.144. The summed E-state index contributed by atoms with van der Waals surface area (Å²) >= 11 is 0. The minimum Gasteiger partial charge on any atom is -0.354 e. The second-order valence-corrected chi connectivity index (χ2v) is 20.4. The summed E-state index contributed by atoms with van der Waals surface area (Å²) in [5.74, 6) is -2.65. The van der Waals surface area contributed by atoms with Crippen molar-refractivity contribution >= 4 is 72.1 Å². The van der Waals surface area contributed by atoms with Gasteiger partial charge in [-0.25, -0.2) is 0 Å². The molecule has 0 bridgehead atoms. The number of carbonyl (C=O) groups is 8. The van der Waals surface area contributed by atoms with Crippen molar-refractivity contribution in [3.63, 3.8) is 0 Å². The predicted octanol–water partition coefficient (Wildman–Crippen LogP) is 3.21. The molecule has 0 aromatic heterocycles. The first-order valence-corrected chi connectivity index (χ1v) is 24.4. The van der Waals surface area contributed by atoms with Crippen LogP contribution in [0.1, 0.15) is 124 Å². The molecule has 2 fully saturated rings. The normalized spacial score (nSPS) is 18.2. The average molecular weight is 1030 g/mol. The molecule has 2 aliphatic heterocycles. The minimum absolute atomic E-state index is 0. The van der Waals surface area contributed by atoms with Gasteiger partial charge in [-0.1, -0.05) is 102 Å². The molecule has 0 radical (unpaired) electrons. The fourth-order valence-corrected chi connectivity index (χ4v) is 8.46. The van der Waals surface area contributed by atoms with E-state index >= 15 is 0 Å². The summed E-state index contributed by atoms with van der Waals surface area (Å²) in [6.45, 7) is 15.5. The molecule has 2 saturated heterocycles. The Balaban J connectivity index is 0.00000864. The van der Waals surface area contributed by atoms with E-state index in [0.717, 1.165) is 11.1 Å². The Morgan fingerprint density at radius 3 is 1.20 bits per heavy atom. The van der Waals surface area contributed by atoms with Crippen LogP contribution < -0.4 is 42.5 Å². The van der Waals surface area contributed by atoms with Gasteiger partial charge < -0.3 is 52.3 Å². The van der Waals surface area contributed by atoms with Gasteiger partial charge in [0.05, 0.1) is 24.2 Å². The van der Waals surface area contributed by atoms with Gasteiger partial charge in [0.1, 0.15) is 24.2 Å². The van der Waals surface area contributed by atoms with Crippen molar-refractivity contribution in [1.82, 2.24) is 52.3 Å². The molecule has 8 N–H and O–H groups in total. The lowest BCUT2D eigenvalue weighted by atomic mass is 9.85. The first kappa shape index (κ1) is 61.8. The molecule has 0 saturated carbocycles. The predicted molar refractivity (Wildman–Crippen MR) is 278 cm³/mol. The van der Waals surface area contributed by atoms with Gasteiger partial charge in [0, 0.05) is 39.0 Å². The number of amides is 8. The van der Waals surface area contributed by atoms with E-state index in [9.17, 15) is 38.4 Å². The summed E-state index contributed by atoms with van der Waals surface area (Å²) in [5.41, 5.74) is 0.256. The van der Waals surface area contributed by atoms with Crippen molar-refractivity contribution < 1.29 is 38.4 Å². The van der Waals surface area contributed by atoms with Crippen LogP contribution in [0.25, 0.3) is 0 Å². The quantitative estimate of drug-likeness (QED) is 0.0858. The molecule has 0 spiro atoms.